The van der Waals surface area contributed by atoms with E-state index in [0.717, 1.165) is 16.0 Å². The summed E-state index contributed by atoms with van der Waals surface area (Å²) in [6.45, 7) is 3.27. The number of benzene rings is 2. The number of ketones is 1. The number of hydrogen-bond acceptors (Lipinski definition) is 5. The second-order valence-electron chi connectivity index (χ2n) is 8.00. The maximum absolute atomic E-state index is 13.2. The summed E-state index contributed by atoms with van der Waals surface area (Å²) in [6, 6.07) is 22.0. The number of carbonyl (C=O) groups excluding carboxylic acids is 3. The van der Waals surface area contributed by atoms with E-state index in [0.29, 0.717) is 29.1 Å². The van der Waals surface area contributed by atoms with E-state index in [2.05, 4.69) is 0 Å². The zero-order valence-electron chi connectivity index (χ0n) is 18.9. The van der Waals surface area contributed by atoms with E-state index in [9.17, 15) is 19.6 Å². The number of amides is 2. The van der Waals surface area contributed by atoms with Crippen LogP contribution < -0.4 is 0 Å². The Labute approximate surface area is 197 Å². The van der Waals surface area contributed by atoms with E-state index in [1.807, 2.05) is 36.4 Å². The van der Waals surface area contributed by atoms with Crippen LogP contribution >= 0.6 is 0 Å². The topological polar surface area (TPSA) is 91.4 Å². The molecule has 2 amide bonds. The maximum Gasteiger partial charge on any atom is 0.271 e. The van der Waals surface area contributed by atoms with Gasteiger partial charge in [-0.25, -0.2) is 0 Å². The Balaban J connectivity index is 1.63. The quantitative estimate of drug-likeness (QED) is 0.300. The van der Waals surface area contributed by atoms with Crippen molar-refractivity contribution in [2.24, 2.45) is 0 Å². The molecule has 2 heterocycles. The monoisotopic (exact) mass is 450 g/mol. The SMILES string of the molecule is CC(=O)c1ccc(-c2ccc(C=C3C(=O)N(CCc4ccccc4)C(=O)C(C#N)=C3C)o2)cc1. The molecule has 3 aromatic rings. The lowest BCUT2D eigenvalue weighted by Gasteiger charge is -2.27. The van der Waals surface area contributed by atoms with Crippen LogP contribution in [0, 0.1) is 11.3 Å². The van der Waals surface area contributed by atoms with Gasteiger partial charge >= 0.3 is 0 Å². The summed E-state index contributed by atoms with van der Waals surface area (Å²) in [4.78, 5) is 38.7. The van der Waals surface area contributed by atoms with Crippen molar-refractivity contribution in [3.05, 3.63) is 100 Å². The largest absolute Gasteiger partial charge is 0.457 e. The first-order chi connectivity index (χ1) is 16.4. The van der Waals surface area contributed by atoms with E-state index in [4.69, 9.17) is 4.42 Å². The summed E-state index contributed by atoms with van der Waals surface area (Å²) < 4.78 is 5.91. The fourth-order valence-electron chi connectivity index (χ4n) is 3.82. The number of carbonyl (C=O) groups is 3. The van der Waals surface area contributed by atoms with E-state index in [1.165, 1.54) is 6.92 Å². The molecule has 0 N–H and O–H groups in total. The molecule has 2 aromatic carbocycles. The third-order valence-corrected chi connectivity index (χ3v) is 5.78. The Morgan fingerprint density at radius 3 is 2.35 bits per heavy atom. The molecule has 1 aliphatic heterocycles. The van der Waals surface area contributed by atoms with Gasteiger partial charge in [0.2, 0.25) is 0 Å². The van der Waals surface area contributed by atoms with Gasteiger partial charge in [-0.05, 0) is 49.6 Å². The van der Waals surface area contributed by atoms with Gasteiger partial charge in [0.05, 0.1) is 0 Å². The molecular formula is C28H22N2O4. The number of hydrogen-bond donors (Lipinski definition) is 0. The van der Waals surface area contributed by atoms with Gasteiger partial charge < -0.3 is 4.42 Å². The van der Waals surface area contributed by atoms with E-state index < -0.39 is 11.8 Å². The molecule has 1 aromatic heterocycles. The Morgan fingerprint density at radius 1 is 1.00 bits per heavy atom. The lowest BCUT2D eigenvalue weighted by atomic mass is 9.94. The molecule has 0 unspecified atom stereocenters. The summed E-state index contributed by atoms with van der Waals surface area (Å²) in [5, 5.41) is 9.58. The fraction of sp³-hybridized carbons (Fsp3) is 0.143. The van der Waals surface area contributed by atoms with Gasteiger partial charge in [0, 0.05) is 23.2 Å². The number of furan rings is 1. The molecule has 0 spiro atoms. The molecule has 6 heteroatoms. The van der Waals surface area contributed by atoms with Gasteiger partial charge in [-0.15, -0.1) is 0 Å². The van der Waals surface area contributed by atoms with E-state index in [1.54, 1.807) is 49.4 Å². The van der Waals surface area contributed by atoms with Crippen LogP contribution in [0.1, 0.15) is 35.5 Å². The fourth-order valence-corrected chi connectivity index (χ4v) is 3.82. The highest BCUT2D eigenvalue weighted by Gasteiger charge is 2.35. The number of rotatable bonds is 6. The zero-order valence-corrected chi connectivity index (χ0v) is 18.9. The van der Waals surface area contributed by atoms with Gasteiger partial charge in [0.1, 0.15) is 23.2 Å². The van der Waals surface area contributed by atoms with Crippen LogP contribution in [0.5, 0.6) is 0 Å². The minimum atomic E-state index is -0.580. The smallest absolute Gasteiger partial charge is 0.271 e. The maximum atomic E-state index is 13.2. The van der Waals surface area contributed by atoms with E-state index >= 15 is 0 Å². The highest BCUT2D eigenvalue weighted by atomic mass is 16.3. The van der Waals surface area contributed by atoms with Crippen LogP contribution in [-0.4, -0.2) is 29.0 Å². The van der Waals surface area contributed by atoms with Gasteiger partial charge in [-0.3, -0.25) is 19.3 Å². The van der Waals surface area contributed by atoms with Crippen molar-refractivity contribution in [1.29, 1.82) is 5.26 Å². The predicted octanol–water partition coefficient (Wildman–Crippen LogP) is 4.98. The lowest BCUT2D eigenvalue weighted by Crippen LogP contribution is -2.43. The first kappa shape index (κ1) is 22.7. The van der Waals surface area contributed by atoms with E-state index in [-0.39, 0.29) is 23.5 Å². The molecule has 4 rings (SSSR count). The van der Waals surface area contributed by atoms with Crippen molar-refractivity contribution in [3.63, 3.8) is 0 Å². The summed E-state index contributed by atoms with van der Waals surface area (Å²) in [6.07, 6.45) is 2.05. The molecule has 0 bridgehead atoms. The Kier molecular flexibility index (Phi) is 6.37. The van der Waals surface area contributed by atoms with Gasteiger partial charge in [0.15, 0.2) is 5.78 Å². The summed E-state index contributed by atoms with van der Waals surface area (Å²) in [7, 11) is 0. The van der Waals surface area contributed by atoms with Crippen molar-refractivity contribution >= 4 is 23.7 Å². The molecule has 0 fully saturated rings. The third-order valence-electron chi connectivity index (χ3n) is 5.78. The third kappa shape index (κ3) is 4.50. The van der Waals surface area contributed by atoms with Gasteiger partial charge in [-0.2, -0.15) is 5.26 Å². The molecule has 0 atom stereocenters. The Bertz CT molecular complexity index is 1370. The molecule has 0 saturated heterocycles. The number of Topliss-reactive ketones (excluding diaryl/α,β-unsaturated/α-hetero) is 1. The molecule has 6 nitrogen and oxygen atoms in total. The first-order valence-electron chi connectivity index (χ1n) is 10.8. The van der Waals surface area contributed by atoms with Crippen LogP contribution in [0.4, 0.5) is 0 Å². The first-order valence-corrected chi connectivity index (χ1v) is 10.8. The number of imide groups is 1. The minimum Gasteiger partial charge on any atom is -0.457 e. The number of nitrogens with zero attached hydrogens (tertiary/aromatic N) is 2. The van der Waals surface area contributed by atoms with Crippen molar-refractivity contribution in [3.8, 4) is 17.4 Å². The molecular weight excluding hydrogens is 428 g/mol. The van der Waals surface area contributed by atoms with Gasteiger partial charge in [-0.1, -0.05) is 54.6 Å². The average molecular weight is 450 g/mol. The molecule has 0 aliphatic carbocycles. The lowest BCUT2D eigenvalue weighted by molar-refractivity contribution is -0.140. The van der Waals surface area contributed by atoms with Crippen LogP contribution in [-0.2, 0) is 16.0 Å². The van der Waals surface area contributed by atoms with Crippen LogP contribution in [0.2, 0.25) is 0 Å². The van der Waals surface area contributed by atoms with Crippen LogP contribution in [0.3, 0.4) is 0 Å². The zero-order chi connectivity index (χ0) is 24.2. The molecule has 168 valence electrons. The second-order valence-corrected chi connectivity index (χ2v) is 8.00. The van der Waals surface area contributed by atoms with Crippen molar-refractivity contribution in [2.75, 3.05) is 6.54 Å². The summed E-state index contributed by atoms with van der Waals surface area (Å²) in [5.74, 6) is -0.0634. The highest BCUT2D eigenvalue weighted by Crippen LogP contribution is 2.29. The Morgan fingerprint density at radius 2 is 1.71 bits per heavy atom. The van der Waals surface area contributed by atoms with Crippen molar-refractivity contribution in [2.45, 2.75) is 20.3 Å². The minimum absolute atomic E-state index is 0.0193. The summed E-state index contributed by atoms with van der Waals surface area (Å²) in [5.41, 5.74) is 2.91. The van der Waals surface area contributed by atoms with Gasteiger partial charge in [0.25, 0.3) is 11.8 Å². The molecule has 0 radical (unpaired) electrons. The summed E-state index contributed by atoms with van der Waals surface area (Å²) >= 11 is 0. The number of nitriles is 1. The van der Waals surface area contributed by atoms with Crippen LogP contribution in [0.15, 0.2) is 87.9 Å². The predicted molar refractivity (Wildman–Crippen MR) is 127 cm³/mol. The van der Waals surface area contributed by atoms with Crippen LogP contribution in [0.25, 0.3) is 17.4 Å². The molecule has 0 saturated carbocycles. The standard InChI is InChI=1S/C28H22N2O4/c1-18-24(16-23-12-13-26(34-23)22-10-8-21(9-11-22)19(2)31)27(32)30(28(33)25(18)17-29)15-14-20-6-4-3-5-7-20/h3-13,16H,14-15H2,1-2H3. The average Bonchev–Trinajstić information content (AvgIpc) is 3.31. The van der Waals surface area contributed by atoms with Crippen molar-refractivity contribution in [1.82, 2.24) is 4.90 Å². The highest BCUT2D eigenvalue weighted by molar-refractivity contribution is 6.19. The molecule has 34 heavy (non-hydrogen) atoms. The normalized spacial score (nSPS) is 15.1. The molecule has 1 aliphatic rings. The second kappa shape index (κ2) is 9.55. The van der Waals surface area contributed by atoms with Crippen molar-refractivity contribution < 1.29 is 18.8 Å². The Hall–Kier alpha value is -4.50.